The molecule has 0 heterocycles. The summed E-state index contributed by atoms with van der Waals surface area (Å²) in [6.07, 6.45) is 0. The van der Waals surface area contributed by atoms with Gasteiger partial charge in [-0.05, 0) is 72.1 Å². The Hall–Kier alpha value is -3.31. The molecule has 29 heavy (non-hydrogen) atoms. The zero-order chi connectivity index (χ0) is 20.4. The van der Waals surface area contributed by atoms with E-state index in [1.165, 1.54) is 0 Å². The van der Waals surface area contributed by atoms with Crippen molar-refractivity contribution in [3.8, 4) is 11.5 Å². The maximum absolute atomic E-state index is 12.8. The molecule has 0 saturated carbocycles. The van der Waals surface area contributed by atoms with E-state index in [0.717, 1.165) is 27.6 Å². The predicted octanol–water partition coefficient (Wildman–Crippen LogP) is 6.05. The van der Waals surface area contributed by atoms with Gasteiger partial charge in [-0.1, -0.05) is 48.5 Å². The van der Waals surface area contributed by atoms with Gasteiger partial charge in [-0.2, -0.15) is 0 Å². The molecule has 4 aromatic carbocycles. The van der Waals surface area contributed by atoms with Crippen molar-refractivity contribution in [1.29, 1.82) is 0 Å². The fraction of sp³-hybridized carbons (Fsp3) is 0.0833. The number of sulfonamides is 1. The fourth-order valence-electron chi connectivity index (χ4n) is 3.22. The summed E-state index contributed by atoms with van der Waals surface area (Å²) in [6.45, 7) is 3.99. The third kappa shape index (κ3) is 4.10. The first-order chi connectivity index (χ1) is 13.9. The van der Waals surface area contributed by atoms with Gasteiger partial charge in [0, 0.05) is 5.69 Å². The smallest absolute Gasteiger partial charge is 0.261 e. The van der Waals surface area contributed by atoms with Crippen molar-refractivity contribution < 1.29 is 13.2 Å². The lowest BCUT2D eigenvalue weighted by molar-refractivity contribution is 0.475. The van der Waals surface area contributed by atoms with Crippen molar-refractivity contribution in [3.63, 3.8) is 0 Å². The molecule has 4 nitrogen and oxygen atoms in total. The van der Waals surface area contributed by atoms with Gasteiger partial charge < -0.3 is 4.74 Å². The highest BCUT2D eigenvalue weighted by Gasteiger charge is 2.15. The summed E-state index contributed by atoms with van der Waals surface area (Å²) < 4.78 is 34.1. The average molecular weight is 404 g/mol. The van der Waals surface area contributed by atoms with Crippen LogP contribution < -0.4 is 9.46 Å². The monoisotopic (exact) mass is 403 g/mol. The summed E-state index contributed by atoms with van der Waals surface area (Å²) in [5.74, 6) is 1.47. The molecular weight excluding hydrogens is 382 g/mol. The molecule has 4 aromatic rings. The lowest BCUT2D eigenvalue weighted by Gasteiger charge is -2.13. The number of rotatable bonds is 5. The zero-order valence-corrected chi connectivity index (χ0v) is 17.0. The lowest BCUT2D eigenvalue weighted by Crippen LogP contribution is -2.12. The lowest BCUT2D eigenvalue weighted by atomic mass is 10.1. The Labute approximate surface area is 170 Å². The van der Waals surface area contributed by atoms with Gasteiger partial charge >= 0.3 is 0 Å². The van der Waals surface area contributed by atoms with Crippen molar-refractivity contribution in [2.75, 3.05) is 4.72 Å². The maximum atomic E-state index is 12.8. The minimum absolute atomic E-state index is 0.229. The van der Waals surface area contributed by atoms with Gasteiger partial charge in [0.2, 0.25) is 0 Å². The molecule has 0 aromatic heterocycles. The molecule has 4 rings (SSSR count). The van der Waals surface area contributed by atoms with E-state index >= 15 is 0 Å². The van der Waals surface area contributed by atoms with Crippen LogP contribution in [0.15, 0.2) is 89.8 Å². The number of hydrogen-bond acceptors (Lipinski definition) is 3. The molecule has 5 heteroatoms. The van der Waals surface area contributed by atoms with Gasteiger partial charge in [0.05, 0.1) is 4.90 Å². The second-order valence-corrected chi connectivity index (χ2v) is 8.64. The molecule has 0 bridgehead atoms. The summed E-state index contributed by atoms with van der Waals surface area (Å²) in [7, 11) is -3.68. The third-order valence-corrected chi connectivity index (χ3v) is 6.15. The minimum Gasteiger partial charge on any atom is -0.457 e. The van der Waals surface area contributed by atoms with E-state index in [1.807, 2.05) is 62.4 Å². The number of nitrogens with one attached hydrogen (secondary N) is 1. The topological polar surface area (TPSA) is 55.4 Å². The van der Waals surface area contributed by atoms with Crippen molar-refractivity contribution in [2.45, 2.75) is 18.7 Å². The molecule has 0 aliphatic rings. The van der Waals surface area contributed by atoms with Gasteiger partial charge in [-0.25, -0.2) is 8.42 Å². The van der Waals surface area contributed by atoms with Crippen molar-refractivity contribution in [1.82, 2.24) is 0 Å². The van der Waals surface area contributed by atoms with Crippen LogP contribution in [-0.4, -0.2) is 8.42 Å². The van der Waals surface area contributed by atoms with E-state index in [0.29, 0.717) is 11.4 Å². The summed E-state index contributed by atoms with van der Waals surface area (Å²) in [6, 6.07) is 25.6. The first-order valence-corrected chi connectivity index (χ1v) is 10.8. The van der Waals surface area contributed by atoms with Crippen LogP contribution in [0.4, 0.5) is 5.69 Å². The van der Waals surface area contributed by atoms with Crippen molar-refractivity contribution in [2.24, 2.45) is 0 Å². The number of para-hydroxylation sites is 1. The molecule has 1 N–H and O–H groups in total. The van der Waals surface area contributed by atoms with Crippen molar-refractivity contribution >= 4 is 26.5 Å². The Bertz CT molecular complexity index is 1260. The molecule has 0 amide bonds. The zero-order valence-electron chi connectivity index (χ0n) is 16.2. The normalized spacial score (nSPS) is 11.4. The summed E-state index contributed by atoms with van der Waals surface area (Å²) >= 11 is 0. The highest BCUT2D eigenvalue weighted by molar-refractivity contribution is 7.92. The Morgan fingerprint density at radius 1 is 0.724 bits per heavy atom. The summed E-state index contributed by atoms with van der Waals surface area (Å²) in [5.41, 5.74) is 2.57. The number of aryl methyl sites for hydroxylation is 2. The predicted molar refractivity (Wildman–Crippen MR) is 117 cm³/mol. The number of hydrogen-bond donors (Lipinski definition) is 1. The van der Waals surface area contributed by atoms with Crippen LogP contribution in [0.3, 0.4) is 0 Å². The van der Waals surface area contributed by atoms with E-state index in [-0.39, 0.29) is 4.90 Å². The van der Waals surface area contributed by atoms with E-state index in [1.54, 1.807) is 36.4 Å². The minimum atomic E-state index is -3.68. The van der Waals surface area contributed by atoms with Crippen molar-refractivity contribution in [3.05, 3.63) is 96.1 Å². The summed E-state index contributed by atoms with van der Waals surface area (Å²) in [4.78, 5) is 0.229. The number of fused-ring (bicyclic) bond motifs is 1. The first-order valence-electron chi connectivity index (χ1n) is 9.28. The van der Waals surface area contributed by atoms with E-state index in [2.05, 4.69) is 4.72 Å². The van der Waals surface area contributed by atoms with Gasteiger partial charge in [-0.3, -0.25) is 4.72 Å². The molecule has 0 unspecified atom stereocenters. The van der Waals surface area contributed by atoms with Gasteiger partial charge in [-0.15, -0.1) is 0 Å². The first kappa shape index (κ1) is 19.0. The summed E-state index contributed by atoms with van der Waals surface area (Å²) in [5, 5.41) is 1.88. The van der Waals surface area contributed by atoms with Crippen LogP contribution in [0, 0.1) is 13.8 Å². The second kappa shape index (κ2) is 7.60. The SMILES string of the molecule is Cc1cccc(C)c1Oc1ccc(NS(=O)(=O)c2ccc3ccccc3c2)cc1. The molecule has 0 aliphatic heterocycles. The molecule has 0 radical (unpaired) electrons. The molecule has 0 saturated heterocycles. The number of anilines is 1. The second-order valence-electron chi connectivity index (χ2n) is 6.96. The van der Waals surface area contributed by atoms with Gasteiger partial charge in [0.25, 0.3) is 10.0 Å². The molecule has 146 valence electrons. The largest absolute Gasteiger partial charge is 0.457 e. The van der Waals surface area contributed by atoms with Gasteiger partial charge in [0.1, 0.15) is 11.5 Å². The highest BCUT2D eigenvalue weighted by Crippen LogP contribution is 2.29. The van der Waals surface area contributed by atoms with Crippen LogP contribution in [0.5, 0.6) is 11.5 Å². The average Bonchev–Trinajstić information content (AvgIpc) is 2.71. The Balaban J connectivity index is 1.54. The van der Waals surface area contributed by atoms with E-state index < -0.39 is 10.0 Å². The Morgan fingerprint density at radius 2 is 1.38 bits per heavy atom. The van der Waals surface area contributed by atoms with Crippen LogP contribution in [-0.2, 0) is 10.0 Å². The molecule has 0 fully saturated rings. The molecule has 0 spiro atoms. The quantitative estimate of drug-likeness (QED) is 0.441. The molecule has 0 aliphatic carbocycles. The van der Waals surface area contributed by atoms with Crippen LogP contribution in [0.2, 0.25) is 0 Å². The standard InChI is InChI=1S/C24H21NO3S/c1-17-6-5-7-18(2)24(17)28-22-13-11-21(12-14-22)25-29(26,27)23-15-10-19-8-3-4-9-20(19)16-23/h3-16,25H,1-2H3. The highest BCUT2D eigenvalue weighted by atomic mass is 32.2. The Morgan fingerprint density at radius 3 is 2.07 bits per heavy atom. The third-order valence-electron chi connectivity index (χ3n) is 4.77. The fourth-order valence-corrected chi connectivity index (χ4v) is 4.31. The van der Waals surface area contributed by atoms with Crippen LogP contribution in [0.1, 0.15) is 11.1 Å². The number of benzene rings is 4. The number of ether oxygens (including phenoxy) is 1. The van der Waals surface area contributed by atoms with Crippen LogP contribution in [0.25, 0.3) is 10.8 Å². The van der Waals surface area contributed by atoms with Crippen LogP contribution >= 0.6 is 0 Å². The van der Waals surface area contributed by atoms with E-state index in [9.17, 15) is 8.42 Å². The van der Waals surface area contributed by atoms with E-state index in [4.69, 9.17) is 4.74 Å². The molecule has 0 atom stereocenters. The van der Waals surface area contributed by atoms with Gasteiger partial charge in [0.15, 0.2) is 0 Å². The maximum Gasteiger partial charge on any atom is 0.261 e. The Kier molecular flexibility index (Phi) is 4.99. The molecular formula is C24H21NO3S.